The average molecular weight is 1680 g/mol. The summed E-state index contributed by atoms with van der Waals surface area (Å²) >= 11 is 1.30. The van der Waals surface area contributed by atoms with Gasteiger partial charge in [0.15, 0.2) is 0 Å². The molecule has 10 unspecified atom stereocenters. The fourth-order valence-corrected chi connectivity index (χ4v) is 21.2. The zero-order valence-corrected chi connectivity index (χ0v) is 68.6. The van der Waals surface area contributed by atoms with Crippen molar-refractivity contribution in [2.24, 2.45) is 35.5 Å². The van der Waals surface area contributed by atoms with E-state index in [1.165, 1.54) is 116 Å². The summed E-state index contributed by atoms with van der Waals surface area (Å²) in [6.07, 6.45) is 35.2. The molecule has 32 heteroatoms. The van der Waals surface area contributed by atoms with Crippen molar-refractivity contribution in [1.29, 1.82) is 26.3 Å². The fourth-order valence-electron chi connectivity index (χ4n) is 19.5. The van der Waals surface area contributed by atoms with Gasteiger partial charge in [0.2, 0.25) is 29.5 Å². The molecule has 0 aromatic heterocycles. The first-order valence-electron chi connectivity index (χ1n) is 39.4. The number of carbonyl (C=O) groups excluding carboxylic acids is 6. The van der Waals surface area contributed by atoms with E-state index in [4.69, 9.17) is 21.0 Å². The van der Waals surface area contributed by atoms with Crippen molar-refractivity contribution in [2.75, 3.05) is 61.9 Å². The van der Waals surface area contributed by atoms with Crippen molar-refractivity contribution in [3.8, 4) is 30.3 Å². The molecule has 106 heavy (non-hydrogen) atoms. The van der Waals surface area contributed by atoms with Gasteiger partial charge in [-0.2, -0.15) is 26.3 Å². The second-order valence-corrected chi connectivity index (χ2v) is 34.9. The first-order valence-corrected chi connectivity index (χ1v) is 43.0. The van der Waals surface area contributed by atoms with Crippen LogP contribution in [-0.4, -0.2) is 231 Å². The molecule has 20 atom stereocenters. The second-order valence-electron chi connectivity index (χ2n) is 31.3. The molecule has 11 aliphatic heterocycles. The molecular weight excluding hydrogens is 1560 g/mol. The molecule has 0 aromatic rings. The summed E-state index contributed by atoms with van der Waals surface area (Å²) in [5.41, 5.74) is 0. The number of rotatable bonds is 8. The standard InChI is InChI=1S/C15H24BN3O2.C14H21N3O.C13H19N3OS.C13H22N2O.C11H15N3O.C5H8N2.C3H5BIO2.4ClH/c1-16(21)19-13-7-3-2-5-11(13)9-14(19)15(20)18-8-4-6-12(18)10-17;15-9-11-5-3-7-17(11)14(18)13-8-10-4-1-2-6-12(10)16-13;14-6-10-7-18-8-16(10)13(17)12-5-9-3-1-2-4-11(9)15-12;16-13(15-7-3-4-8-15)12-9-10-5-1-2-6-11(10)14-12;12-5-8-2-1-3-14(8)11(15)10-9-4-7(9)6-13-10;6-4-5-2-1-3-7-5;1-2-5-7-3(4)6;;;;/h11-14,21H,2-9H2,1H3;10-13,16H,1-8H2;9-12,15H,1-5,7-8H2;10-12,14H,1-9H2;7-10,13H,1-4,6H2;5,7H,1-3H2;2H2,1H3;4*1H/q;;;;;;-1;;;;/t11?,12-,13?,14-;10?,11-,12?,13-;9?,10-,11?,12+;10?,11?,12-;7?,8-,9?,10-;5-;;;;;/m001000...../s1. The maximum absolute atomic E-state index is 12.9. The molecule has 2 radical (unpaired) electrons. The van der Waals surface area contributed by atoms with Crippen LogP contribution in [0.15, 0.2) is 0 Å². The van der Waals surface area contributed by atoms with Crippen LogP contribution in [0.2, 0.25) is 6.82 Å². The molecule has 0 aromatic carbocycles. The number of likely N-dealkylation sites (tertiary alicyclic amines) is 4. The Labute approximate surface area is 672 Å². The number of hydrogen-bond acceptors (Lipinski definition) is 20. The van der Waals surface area contributed by atoms with Gasteiger partial charge in [-0.25, -0.2) is 0 Å². The topological polar surface area (TPSA) is 330 Å². The van der Waals surface area contributed by atoms with Gasteiger partial charge in [-0.1, -0.05) is 51.4 Å². The van der Waals surface area contributed by atoms with Crippen LogP contribution in [-0.2, 0) is 27.0 Å². The number of nitrogens with one attached hydrogen (secondary N) is 5. The molecule has 16 fully saturated rings. The SMILES string of the molecule is CB(O)N1C2CCCCC2C[C@H]1C(=O)N1CCC[C@H]1C#N.Cl.Cl.Cl.Cl.N#C[C@@H]1CCCN1.N#C[C@@H]1CCCN1C(=O)[C@@H]1CC2CCCCC2N1.N#C[C@@H]1CCCN1C(=O)[C@H]1NCC2CC21.N#C[C@@H]1CSCN1C(=O)[C@@H]1CC2CCCCC2N1.O=C([C@@H]1CC2CCCCC2N1)N1CCCC1.[B]C(=O)O[I-]CC. The third-order valence-electron chi connectivity index (χ3n) is 24.9. The van der Waals surface area contributed by atoms with Crippen molar-refractivity contribution < 1.29 is 58.5 Å². The zero-order valence-electron chi connectivity index (χ0n) is 62.3. The van der Waals surface area contributed by atoms with Gasteiger partial charge in [-0.3, -0.25) is 24.0 Å². The van der Waals surface area contributed by atoms with Crippen LogP contribution >= 0.6 is 61.4 Å². The summed E-state index contributed by atoms with van der Waals surface area (Å²) in [6, 6.07) is 12.4. The van der Waals surface area contributed by atoms with Crippen molar-refractivity contribution in [2.45, 2.75) is 297 Å². The minimum atomic E-state index is -0.644. The number of alkyl halides is 1. The average Bonchev–Trinajstić information content (AvgIpc) is 1.61. The van der Waals surface area contributed by atoms with Crippen LogP contribution in [0.3, 0.4) is 0 Å². The van der Waals surface area contributed by atoms with E-state index in [0.717, 1.165) is 145 Å². The molecule has 11 heterocycles. The molecule has 0 bridgehead atoms. The summed E-state index contributed by atoms with van der Waals surface area (Å²) in [5.74, 6) is 5.75. The van der Waals surface area contributed by atoms with Gasteiger partial charge in [-0.15, -0.1) is 61.4 Å². The number of thioether (sulfide) groups is 1. The van der Waals surface area contributed by atoms with Crippen molar-refractivity contribution in [1.82, 2.24) is 55.9 Å². The molecule has 24 nitrogen and oxygen atoms in total. The number of fused-ring (bicyclic) bond motifs is 5. The van der Waals surface area contributed by atoms with Gasteiger partial charge >= 0.3 is 61.6 Å². The number of piperidine rings is 1. The number of hydrogen-bond donors (Lipinski definition) is 6. The summed E-state index contributed by atoms with van der Waals surface area (Å²) in [6.45, 7) is 9.95. The molecule has 6 N–H and O–H groups in total. The zero-order chi connectivity index (χ0) is 72.2. The van der Waals surface area contributed by atoms with E-state index in [1.807, 2.05) is 11.7 Å². The van der Waals surface area contributed by atoms with Gasteiger partial charge in [0, 0.05) is 62.6 Å². The Bertz CT molecular complexity index is 2940. The molecule has 16 rings (SSSR count). The van der Waals surface area contributed by atoms with Crippen LogP contribution in [0.5, 0.6) is 0 Å². The minimum absolute atomic E-state index is 0. The van der Waals surface area contributed by atoms with Crippen LogP contribution in [0, 0.1) is 92.2 Å². The number of carbonyl (C=O) groups is 6. The number of halogens is 5. The first kappa shape index (κ1) is 91.2. The van der Waals surface area contributed by atoms with Crippen LogP contribution < -0.4 is 48.2 Å². The van der Waals surface area contributed by atoms with Gasteiger partial charge < -0.3 is 60.9 Å². The second kappa shape index (κ2) is 45.8. The van der Waals surface area contributed by atoms with E-state index < -0.39 is 12.9 Å². The number of amides is 5. The first-order chi connectivity index (χ1) is 49.6. The van der Waals surface area contributed by atoms with Gasteiger partial charge in [0.1, 0.15) is 24.2 Å². The molecule has 5 amide bonds. The Kier molecular flexibility index (Phi) is 39.4. The van der Waals surface area contributed by atoms with Gasteiger partial charge in [-0.05, 0) is 203 Å². The summed E-state index contributed by atoms with van der Waals surface area (Å²) in [7, 11) is 4.06. The molecule has 590 valence electrons. The summed E-state index contributed by atoms with van der Waals surface area (Å²) in [5, 5.41) is 71.6. The third-order valence-corrected chi connectivity index (χ3v) is 27.2. The monoisotopic (exact) mass is 1680 g/mol. The van der Waals surface area contributed by atoms with Crippen molar-refractivity contribution >= 4 is 112 Å². The van der Waals surface area contributed by atoms with E-state index >= 15 is 0 Å². The summed E-state index contributed by atoms with van der Waals surface area (Å²) < 4.78 is 5.37. The maximum atomic E-state index is 12.9. The molecule has 11 saturated heterocycles. The Morgan fingerprint density at radius 1 is 0.500 bits per heavy atom. The van der Waals surface area contributed by atoms with Gasteiger partial charge in [0.05, 0.1) is 72.5 Å². The van der Waals surface area contributed by atoms with E-state index in [0.29, 0.717) is 66.2 Å². The fraction of sp³-hybridized carbons (Fsp3) is 0.851. The van der Waals surface area contributed by atoms with Crippen molar-refractivity contribution in [3.05, 3.63) is 0 Å². The molecule has 5 aliphatic carbocycles. The quantitative estimate of drug-likeness (QED) is 0.107. The molecular formula is C74H118B2Cl4IN16O8S-. The Balaban J connectivity index is 0.000000197. The van der Waals surface area contributed by atoms with E-state index in [1.54, 1.807) is 38.2 Å². The van der Waals surface area contributed by atoms with E-state index in [9.17, 15) is 39.1 Å². The third kappa shape index (κ3) is 24.0. The van der Waals surface area contributed by atoms with E-state index in [-0.39, 0.29) is 155 Å². The Hall–Kier alpha value is -3.64. The number of nitriles is 5. The predicted octanol–water partition coefficient (Wildman–Crippen LogP) is 4.90. The van der Waals surface area contributed by atoms with Crippen LogP contribution in [0.25, 0.3) is 0 Å². The van der Waals surface area contributed by atoms with E-state index in [2.05, 4.69) is 72.7 Å². The normalized spacial score (nSPS) is 35.0. The predicted molar refractivity (Wildman–Crippen MR) is 414 cm³/mol. The van der Waals surface area contributed by atoms with Crippen LogP contribution in [0.1, 0.15) is 206 Å². The Morgan fingerprint density at radius 3 is 1.37 bits per heavy atom. The molecule has 0 spiro atoms. The number of nitrogens with zero attached hydrogens (tertiary/aromatic N) is 11. The molecule has 5 saturated carbocycles. The van der Waals surface area contributed by atoms with Crippen LogP contribution in [0.4, 0.5) is 4.79 Å². The summed E-state index contributed by atoms with van der Waals surface area (Å²) in [4.78, 5) is 83.2. The van der Waals surface area contributed by atoms with Gasteiger partial charge in [0.25, 0.3) is 0 Å². The molecule has 16 aliphatic rings. The van der Waals surface area contributed by atoms with Crippen molar-refractivity contribution in [3.63, 3.8) is 0 Å². The Morgan fingerprint density at radius 2 is 0.962 bits per heavy atom.